The molecule has 2 heterocycles. The minimum Gasteiger partial charge on any atom is -0.465 e. The third kappa shape index (κ3) is 3.13. The van der Waals surface area contributed by atoms with E-state index in [9.17, 15) is 19.2 Å². The maximum absolute atomic E-state index is 12.1. The number of primary amides is 2. The quantitative estimate of drug-likeness (QED) is 0.642. The van der Waals surface area contributed by atoms with Gasteiger partial charge in [-0.25, -0.2) is 4.79 Å². The van der Waals surface area contributed by atoms with Gasteiger partial charge in [0.1, 0.15) is 5.25 Å². The number of thioether (sulfide) groups is 1. The van der Waals surface area contributed by atoms with Gasteiger partial charge in [-0.05, 0) is 17.7 Å². The molecule has 8 nitrogen and oxygen atoms in total. The van der Waals surface area contributed by atoms with Crippen molar-refractivity contribution in [2.75, 3.05) is 7.11 Å². The number of carbonyl (C=O) groups excluding carboxylic acids is 3. The van der Waals surface area contributed by atoms with Crippen molar-refractivity contribution in [2.24, 2.45) is 17.4 Å². The molecule has 5 N–H and O–H groups in total. The van der Waals surface area contributed by atoms with Gasteiger partial charge < -0.3 is 21.2 Å². The van der Waals surface area contributed by atoms with Gasteiger partial charge in [-0.3, -0.25) is 14.4 Å². The first-order valence-corrected chi connectivity index (χ1v) is 9.19. The van der Waals surface area contributed by atoms with Crippen LogP contribution >= 0.6 is 23.1 Å². The van der Waals surface area contributed by atoms with Crippen molar-refractivity contribution in [2.45, 2.75) is 16.2 Å². The molecule has 0 fully saturated rings. The van der Waals surface area contributed by atoms with Gasteiger partial charge in [0.2, 0.25) is 11.8 Å². The molecule has 26 heavy (non-hydrogen) atoms. The van der Waals surface area contributed by atoms with Gasteiger partial charge in [0.25, 0.3) is 0 Å². The van der Waals surface area contributed by atoms with Crippen LogP contribution in [0.15, 0.2) is 34.1 Å². The van der Waals surface area contributed by atoms with Crippen molar-refractivity contribution < 1.29 is 19.1 Å². The molecule has 0 saturated carbocycles. The number of aromatic nitrogens is 1. The molecule has 0 saturated heterocycles. The lowest BCUT2D eigenvalue weighted by Crippen LogP contribution is -2.45. The van der Waals surface area contributed by atoms with Crippen LogP contribution in [0.1, 0.15) is 26.7 Å². The SMILES string of the molecule is COC(=O)c1ccc([C@@H]2c3sc(=O)[nH]c3S[C@@H](C(N)=O)[C@@H]2C(N)=O)cc1. The molecule has 0 spiro atoms. The lowest BCUT2D eigenvalue weighted by Gasteiger charge is -2.33. The zero-order valence-corrected chi connectivity index (χ0v) is 15.2. The number of methoxy groups -OCH3 is 1. The number of benzene rings is 1. The lowest BCUT2D eigenvalue weighted by molar-refractivity contribution is -0.126. The highest BCUT2D eigenvalue weighted by Gasteiger charge is 2.46. The summed E-state index contributed by atoms with van der Waals surface area (Å²) in [6.45, 7) is 0. The van der Waals surface area contributed by atoms with Crippen molar-refractivity contribution in [3.63, 3.8) is 0 Å². The number of esters is 1. The summed E-state index contributed by atoms with van der Waals surface area (Å²) in [5.74, 6) is -3.40. The minimum absolute atomic E-state index is 0.299. The number of rotatable bonds is 4. The molecule has 1 aliphatic heterocycles. The van der Waals surface area contributed by atoms with Crippen LogP contribution in [0.3, 0.4) is 0 Å². The zero-order chi connectivity index (χ0) is 19.0. The summed E-state index contributed by atoms with van der Waals surface area (Å²) in [6.07, 6.45) is 0. The number of ether oxygens (including phenoxy) is 1. The Balaban J connectivity index is 2.14. The van der Waals surface area contributed by atoms with Crippen LogP contribution < -0.4 is 16.3 Å². The molecule has 1 aliphatic rings. The van der Waals surface area contributed by atoms with E-state index in [4.69, 9.17) is 11.5 Å². The van der Waals surface area contributed by atoms with Crippen LogP contribution in [-0.4, -0.2) is 35.1 Å². The predicted octanol–water partition coefficient (Wildman–Crippen LogP) is 0.416. The number of hydrogen-bond acceptors (Lipinski definition) is 7. The number of H-pyrrole nitrogens is 1. The van der Waals surface area contributed by atoms with E-state index in [0.717, 1.165) is 23.1 Å². The molecule has 1 aromatic carbocycles. The fraction of sp³-hybridized carbons (Fsp3) is 0.250. The molecule has 0 aliphatic carbocycles. The maximum atomic E-state index is 12.1. The lowest BCUT2D eigenvalue weighted by atomic mass is 9.81. The Bertz CT molecular complexity index is 934. The van der Waals surface area contributed by atoms with Crippen LogP contribution in [0.4, 0.5) is 0 Å². The second kappa shape index (κ2) is 6.96. The molecular formula is C16H15N3O5S2. The van der Waals surface area contributed by atoms with E-state index in [1.54, 1.807) is 24.3 Å². The van der Waals surface area contributed by atoms with Crippen molar-refractivity contribution in [3.8, 4) is 0 Å². The Hall–Kier alpha value is -2.59. The van der Waals surface area contributed by atoms with Crippen LogP contribution in [-0.2, 0) is 14.3 Å². The third-order valence-electron chi connectivity index (χ3n) is 4.15. The molecular weight excluding hydrogens is 378 g/mol. The third-order valence-corrected chi connectivity index (χ3v) is 6.59. The van der Waals surface area contributed by atoms with Crippen molar-refractivity contribution in [1.29, 1.82) is 0 Å². The molecule has 0 bridgehead atoms. The minimum atomic E-state index is -0.916. The van der Waals surface area contributed by atoms with E-state index in [1.807, 2.05) is 0 Å². The largest absolute Gasteiger partial charge is 0.465 e. The zero-order valence-electron chi connectivity index (χ0n) is 13.6. The van der Waals surface area contributed by atoms with Crippen LogP contribution in [0.2, 0.25) is 0 Å². The number of hydrogen-bond donors (Lipinski definition) is 3. The number of amides is 2. The second-order valence-corrected chi connectivity index (χ2v) is 7.83. The molecule has 0 unspecified atom stereocenters. The van der Waals surface area contributed by atoms with E-state index < -0.39 is 34.9 Å². The summed E-state index contributed by atoms with van der Waals surface area (Å²) in [6, 6.07) is 6.40. The van der Waals surface area contributed by atoms with Crippen LogP contribution in [0, 0.1) is 5.92 Å². The van der Waals surface area contributed by atoms with Gasteiger partial charge in [-0.2, -0.15) is 0 Å². The normalized spacial score (nSPS) is 21.7. The first-order chi connectivity index (χ1) is 12.3. The van der Waals surface area contributed by atoms with Gasteiger partial charge in [0.05, 0.1) is 23.6 Å². The summed E-state index contributed by atoms with van der Waals surface area (Å²) in [5.41, 5.74) is 12.0. The van der Waals surface area contributed by atoms with E-state index in [-0.39, 0.29) is 4.87 Å². The molecule has 136 valence electrons. The number of nitrogens with one attached hydrogen (secondary N) is 1. The molecule has 1 aromatic heterocycles. The molecule has 0 radical (unpaired) electrons. The van der Waals surface area contributed by atoms with E-state index in [1.165, 1.54) is 7.11 Å². The number of fused-ring (bicyclic) bond motifs is 1. The Morgan fingerprint density at radius 2 is 1.77 bits per heavy atom. The van der Waals surface area contributed by atoms with Crippen molar-refractivity contribution >= 4 is 40.9 Å². The van der Waals surface area contributed by atoms with Gasteiger partial charge in [0, 0.05) is 10.8 Å². The Kier molecular flexibility index (Phi) is 4.88. The first-order valence-electron chi connectivity index (χ1n) is 7.50. The number of nitrogens with two attached hydrogens (primary N) is 2. The van der Waals surface area contributed by atoms with Crippen LogP contribution in [0.5, 0.6) is 0 Å². The van der Waals surface area contributed by atoms with Gasteiger partial charge >= 0.3 is 10.8 Å². The van der Waals surface area contributed by atoms with E-state index >= 15 is 0 Å². The Labute approximate surface area is 155 Å². The monoisotopic (exact) mass is 393 g/mol. The standard InChI is InChI=1S/C16H15N3O5S2/c1-24-15(22)7-4-2-6(3-5-7)8-9(12(17)20)10(13(18)21)25-14-11(8)26-16(23)19-14/h2-5,8-10H,1H3,(H2,17,20)(H2,18,21)(H,19,23)/t8-,9+,10+/m0/s1. The van der Waals surface area contributed by atoms with Crippen molar-refractivity contribution in [3.05, 3.63) is 49.9 Å². The Morgan fingerprint density at radius 3 is 2.31 bits per heavy atom. The highest BCUT2D eigenvalue weighted by atomic mass is 32.2. The predicted molar refractivity (Wildman–Crippen MR) is 96.1 cm³/mol. The molecule has 2 aromatic rings. The Morgan fingerprint density at radius 1 is 1.12 bits per heavy atom. The van der Waals surface area contributed by atoms with Crippen LogP contribution in [0.25, 0.3) is 0 Å². The average molecular weight is 393 g/mol. The summed E-state index contributed by atoms with van der Waals surface area (Å²) in [5, 5.41) is -0.404. The van der Waals surface area contributed by atoms with Crippen molar-refractivity contribution in [1.82, 2.24) is 4.98 Å². The molecule has 10 heteroatoms. The van der Waals surface area contributed by atoms with Gasteiger partial charge in [-0.15, -0.1) is 0 Å². The smallest absolute Gasteiger partial charge is 0.337 e. The van der Waals surface area contributed by atoms with Gasteiger partial charge in [-0.1, -0.05) is 35.2 Å². The maximum Gasteiger partial charge on any atom is 0.337 e. The summed E-state index contributed by atoms with van der Waals surface area (Å²) >= 11 is 2.00. The number of carbonyl (C=O) groups is 3. The molecule has 2 amide bonds. The van der Waals surface area contributed by atoms with E-state index in [0.29, 0.717) is 21.0 Å². The fourth-order valence-corrected chi connectivity index (χ4v) is 5.45. The van der Waals surface area contributed by atoms with Gasteiger partial charge in [0.15, 0.2) is 0 Å². The summed E-state index contributed by atoms with van der Waals surface area (Å²) < 4.78 is 4.67. The highest BCUT2D eigenvalue weighted by molar-refractivity contribution is 8.00. The number of aromatic amines is 1. The first kappa shape index (κ1) is 18.2. The second-order valence-electron chi connectivity index (χ2n) is 5.67. The highest BCUT2D eigenvalue weighted by Crippen LogP contribution is 2.48. The van der Waals surface area contributed by atoms with E-state index in [2.05, 4.69) is 9.72 Å². The topological polar surface area (TPSA) is 145 Å². The molecule has 3 atom stereocenters. The summed E-state index contributed by atoms with van der Waals surface area (Å²) in [4.78, 5) is 50.4. The molecule has 3 rings (SSSR count). The fourth-order valence-electron chi connectivity index (χ4n) is 3.01. The average Bonchev–Trinajstić information content (AvgIpc) is 2.99. The number of thiazole rings is 1. The summed E-state index contributed by atoms with van der Waals surface area (Å²) in [7, 11) is 1.28.